The van der Waals surface area contributed by atoms with Crippen molar-refractivity contribution in [2.24, 2.45) is 7.05 Å². The van der Waals surface area contributed by atoms with Gasteiger partial charge in [0.1, 0.15) is 5.69 Å². The Balaban J connectivity index is 1.90. The maximum absolute atomic E-state index is 12.3. The first-order valence-corrected chi connectivity index (χ1v) is 6.14. The van der Waals surface area contributed by atoms with Crippen molar-refractivity contribution < 1.29 is 18.0 Å². The van der Waals surface area contributed by atoms with E-state index in [1.54, 1.807) is 12.5 Å². The summed E-state index contributed by atoms with van der Waals surface area (Å²) in [7, 11) is 1.84. The maximum Gasteiger partial charge on any atom is 0.433 e. The van der Waals surface area contributed by atoms with Crippen molar-refractivity contribution in [3.05, 3.63) is 47.8 Å². The number of nitrogens with zero attached hydrogens (tertiary/aromatic N) is 3. The lowest BCUT2D eigenvalue weighted by atomic mass is 10.2. The molecule has 0 spiro atoms. The SMILES string of the molecule is Cn1cncc1CCNC(=O)c1ccc(C(F)(F)F)nc1. The van der Waals surface area contributed by atoms with Gasteiger partial charge < -0.3 is 9.88 Å². The van der Waals surface area contributed by atoms with Gasteiger partial charge >= 0.3 is 6.18 Å². The molecule has 0 atom stereocenters. The van der Waals surface area contributed by atoms with E-state index in [0.717, 1.165) is 24.0 Å². The minimum Gasteiger partial charge on any atom is -0.352 e. The lowest BCUT2D eigenvalue weighted by molar-refractivity contribution is -0.141. The number of nitrogens with one attached hydrogen (secondary N) is 1. The van der Waals surface area contributed by atoms with E-state index >= 15 is 0 Å². The Morgan fingerprint density at radius 1 is 1.33 bits per heavy atom. The number of alkyl halides is 3. The summed E-state index contributed by atoms with van der Waals surface area (Å²) in [6.45, 7) is 0.361. The van der Waals surface area contributed by atoms with Gasteiger partial charge in [-0.05, 0) is 12.1 Å². The van der Waals surface area contributed by atoms with Crippen molar-refractivity contribution in [1.82, 2.24) is 19.9 Å². The predicted molar refractivity (Wildman–Crippen MR) is 68.5 cm³/mol. The Morgan fingerprint density at radius 3 is 2.62 bits per heavy atom. The molecule has 0 aliphatic rings. The van der Waals surface area contributed by atoms with Crippen LogP contribution in [0.1, 0.15) is 21.7 Å². The predicted octanol–water partition coefficient (Wildman–Crippen LogP) is 1.81. The average molecular weight is 298 g/mol. The number of halogens is 3. The highest BCUT2D eigenvalue weighted by molar-refractivity contribution is 5.93. The molecule has 0 aliphatic carbocycles. The van der Waals surface area contributed by atoms with Crippen molar-refractivity contribution in [2.75, 3.05) is 6.54 Å². The Labute approximate surface area is 118 Å². The largest absolute Gasteiger partial charge is 0.433 e. The zero-order valence-electron chi connectivity index (χ0n) is 11.2. The molecule has 0 saturated carbocycles. The number of pyridine rings is 1. The second kappa shape index (κ2) is 5.94. The smallest absolute Gasteiger partial charge is 0.352 e. The number of rotatable bonds is 4. The quantitative estimate of drug-likeness (QED) is 0.936. The average Bonchev–Trinajstić information content (AvgIpc) is 2.83. The lowest BCUT2D eigenvalue weighted by Gasteiger charge is -2.07. The third-order valence-corrected chi connectivity index (χ3v) is 2.90. The second-order valence-corrected chi connectivity index (χ2v) is 4.43. The van der Waals surface area contributed by atoms with Crippen LogP contribution in [0, 0.1) is 0 Å². The fourth-order valence-corrected chi connectivity index (χ4v) is 1.73. The number of amides is 1. The Morgan fingerprint density at radius 2 is 2.10 bits per heavy atom. The summed E-state index contributed by atoms with van der Waals surface area (Å²) in [5.41, 5.74) is 0.0165. The molecule has 2 rings (SSSR count). The number of aromatic nitrogens is 3. The van der Waals surface area contributed by atoms with E-state index in [9.17, 15) is 18.0 Å². The zero-order chi connectivity index (χ0) is 15.5. The van der Waals surface area contributed by atoms with E-state index in [1.165, 1.54) is 0 Å². The molecule has 21 heavy (non-hydrogen) atoms. The molecular weight excluding hydrogens is 285 g/mol. The van der Waals surface area contributed by atoms with Gasteiger partial charge in [-0.2, -0.15) is 13.2 Å². The molecule has 0 saturated heterocycles. The first-order valence-electron chi connectivity index (χ1n) is 6.14. The van der Waals surface area contributed by atoms with Crippen molar-refractivity contribution >= 4 is 5.91 Å². The molecule has 0 aliphatic heterocycles. The molecule has 5 nitrogen and oxygen atoms in total. The van der Waals surface area contributed by atoms with E-state index in [2.05, 4.69) is 15.3 Å². The number of carbonyl (C=O) groups excluding carboxylic acids is 1. The number of carbonyl (C=O) groups is 1. The van der Waals surface area contributed by atoms with Gasteiger partial charge in [-0.25, -0.2) is 4.98 Å². The molecule has 1 amide bonds. The van der Waals surface area contributed by atoms with Crippen molar-refractivity contribution in [3.8, 4) is 0 Å². The Kier molecular flexibility index (Phi) is 4.25. The van der Waals surface area contributed by atoms with Crippen molar-refractivity contribution in [2.45, 2.75) is 12.6 Å². The Hall–Kier alpha value is -2.38. The molecule has 2 heterocycles. The van der Waals surface area contributed by atoms with Gasteiger partial charge in [0.25, 0.3) is 5.91 Å². The molecule has 0 aromatic carbocycles. The first kappa shape index (κ1) is 15.0. The third-order valence-electron chi connectivity index (χ3n) is 2.90. The molecule has 1 N–H and O–H groups in total. The van der Waals surface area contributed by atoms with Crippen molar-refractivity contribution in [3.63, 3.8) is 0 Å². The fourth-order valence-electron chi connectivity index (χ4n) is 1.73. The highest BCUT2D eigenvalue weighted by Crippen LogP contribution is 2.27. The summed E-state index contributed by atoms with van der Waals surface area (Å²) < 4.78 is 38.9. The van der Waals surface area contributed by atoms with Crippen LogP contribution in [-0.4, -0.2) is 27.0 Å². The normalized spacial score (nSPS) is 11.4. The van der Waals surface area contributed by atoms with Crippen LogP contribution in [0.2, 0.25) is 0 Å². The Bertz CT molecular complexity index is 619. The van der Waals surface area contributed by atoms with E-state index in [1.807, 2.05) is 11.6 Å². The van der Waals surface area contributed by atoms with Crippen molar-refractivity contribution in [1.29, 1.82) is 0 Å². The monoisotopic (exact) mass is 298 g/mol. The number of imidazole rings is 1. The van der Waals surface area contributed by atoms with Crippen LogP contribution < -0.4 is 5.32 Å². The van der Waals surface area contributed by atoms with Gasteiger partial charge in [-0.15, -0.1) is 0 Å². The minimum atomic E-state index is -4.51. The van der Waals surface area contributed by atoms with Gasteiger partial charge in [0.05, 0.1) is 11.9 Å². The fraction of sp³-hybridized carbons (Fsp3) is 0.308. The molecule has 0 unspecified atom stereocenters. The molecule has 2 aromatic rings. The summed E-state index contributed by atoms with van der Waals surface area (Å²) >= 11 is 0. The van der Waals surface area contributed by atoms with Crippen LogP contribution in [0.4, 0.5) is 13.2 Å². The minimum absolute atomic E-state index is 0.0907. The lowest BCUT2D eigenvalue weighted by Crippen LogP contribution is -2.26. The van der Waals surface area contributed by atoms with Crippen LogP contribution in [-0.2, 0) is 19.6 Å². The zero-order valence-corrected chi connectivity index (χ0v) is 11.2. The molecule has 0 fully saturated rings. The molecule has 2 aromatic heterocycles. The topological polar surface area (TPSA) is 59.8 Å². The highest BCUT2D eigenvalue weighted by atomic mass is 19.4. The van der Waals surface area contributed by atoms with Gasteiger partial charge in [-0.3, -0.25) is 9.78 Å². The summed E-state index contributed by atoms with van der Waals surface area (Å²) in [5.74, 6) is -0.460. The number of aryl methyl sites for hydroxylation is 1. The standard InChI is InChI=1S/C13H13F3N4O/c1-20-8-17-7-10(20)4-5-18-12(21)9-2-3-11(19-6-9)13(14,15)16/h2-3,6-8H,4-5H2,1H3,(H,18,21). The first-order chi connectivity index (χ1) is 9.88. The van der Waals surface area contributed by atoms with Crippen LogP contribution >= 0.6 is 0 Å². The summed E-state index contributed by atoms with van der Waals surface area (Å²) in [5, 5.41) is 2.62. The maximum atomic E-state index is 12.3. The van der Waals surface area contributed by atoms with Crippen LogP contribution in [0.5, 0.6) is 0 Å². The number of hydrogen-bond acceptors (Lipinski definition) is 3. The molecule has 8 heteroatoms. The van der Waals surface area contributed by atoms with E-state index < -0.39 is 17.8 Å². The summed E-state index contributed by atoms with van der Waals surface area (Å²) in [6, 6.07) is 1.89. The van der Waals surface area contributed by atoms with Crippen LogP contribution in [0.3, 0.4) is 0 Å². The molecule has 0 bridgehead atoms. The molecular formula is C13H13F3N4O. The van der Waals surface area contributed by atoms with E-state index in [4.69, 9.17) is 0 Å². The van der Waals surface area contributed by atoms with Crippen LogP contribution in [0.25, 0.3) is 0 Å². The second-order valence-electron chi connectivity index (χ2n) is 4.43. The highest BCUT2D eigenvalue weighted by Gasteiger charge is 2.32. The summed E-state index contributed by atoms with van der Waals surface area (Å²) in [6.07, 6.45) is 0.329. The molecule has 0 radical (unpaired) electrons. The third kappa shape index (κ3) is 3.80. The van der Waals surface area contributed by atoms with E-state index in [-0.39, 0.29) is 5.56 Å². The van der Waals surface area contributed by atoms with Crippen LogP contribution in [0.15, 0.2) is 30.9 Å². The molecule has 112 valence electrons. The summed E-state index contributed by atoms with van der Waals surface area (Å²) in [4.78, 5) is 19.0. The van der Waals surface area contributed by atoms with Gasteiger partial charge in [0.15, 0.2) is 0 Å². The van der Waals surface area contributed by atoms with Gasteiger partial charge in [0.2, 0.25) is 0 Å². The van der Waals surface area contributed by atoms with Gasteiger partial charge in [-0.1, -0.05) is 0 Å². The number of hydrogen-bond donors (Lipinski definition) is 1. The van der Waals surface area contributed by atoms with Gasteiger partial charge in [0, 0.05) is 38.1 Å². The van der Waals surface area contributed by atoms with E-state index in [0.29, 0.717) is 13.0 Å².